The summed E-state index contributed by atoms with van der Waals surface area (Å²) in [6.45, 7) is 5.37. The Hall–Kier alpha value is -1.59. The third kappa shape index (κ3) is 11.1. The first-order valence-electron chi connectivity index (χ1n) is 8.30. The molecular formula is C16H30N2O4. The van der Waals surface area contributed by atoms with E-state index in [-0.39, 0.29) is 12.3 Å². The fourth-order valence-corrected chi connectivity index (χ4v) is 1.89. The largest absolute Gasteiger partial charge is 0.344 e. The van der Waals surface area contributed by atoms with Crippen molar-refractivity contribution in [2.75, 3.05) is 0 Å². The van der Waals surface area contributed by atoms with Gasteiger partial charge in [0.2, 0.25) is 5.91 Å². The second-order valence-corrected chi connectivity index (χ2v) is 5.45. The van der Waals surface area contributed by atoms with E-state index in [1.165, 1.54) is 25.7 Å². The molecule has 0 heterocycles. The number of unbranched alkanes of at least 4 members (excludes halogenated alkanes) is 6. The van der Waals surface area contributed by atoms with Gasteiger partial charge in [-0.05, 0) is 13.3 Å². The molecule has 0 saturated carbocycles. The van der Waals surface area contributed by atoms with Gasteiger partial charge in [-0.2, -0.15) is 5.48 Å². The lowest BCUT2D eigenvalue weighted by Crippen LogP contribution is -2.45. The van der Waals surface area contributed by atoms with Crippen LogP contribution >= 0.6 is 0 Å². The minimum Gasteiger partial charge on any atom is -0.344 e. The first-order chi connectivity index (χ1) is 10.5. The van der Waals surface area contributed by atoms with Gasteiger partial charge in [-0.15, -0.1) is 0 Å². The molecule has 0 radical (unpaired) electrons. The van der Waals surface area contributed by atoms with E-state index in [0.29, 0.717) is 6.42 Å². The van der Waals surface area contributed by atoms with E-state index in [1.807, 2.05) is 5.48 Å². The second-order valence-electron chi connectivity index (χ2n) is 5.45. The molecule has 0 aromatic heterocycles. The Labute approximate surface area is 133 Å². The molecule has 0 aliphatic carbocycles. The van der Waals surface area contributed by atoms with Crippen molar-refractivity contribution >= 4 is 17.8 Å². The Morgan fingerprint density at radius 3 is 2.14 bits per heavy atom. The zero-order valence-electron chi connectivity index (χ0n) is 14.1. The minimum atomic E-state index is -0.721. The molecule has 0 aliphatic heterocycles. The third-order valence-corrected chi connectivity index (χ3v) is 3.33. The maximum atomic E-state index is 11.7. The highest BCUT2D eigenvalue weighted by Crippen LogP contribution is 2.08. The number of carbonyl (C=O) groups is 3. The van der Waals surface area contributed by atoms with Gasteiger partial charge in [0.15, 0.2) is 0 Å². The maximum Gasteiger partial charge on any atom is 0.331 e. The topological polar surface area (TPSA) is 84.5 Å². The first-order valence-corrected chi connectivity index (χ1v) is 8.30. The molecule has 0 aromatic rings. The van der Waals surface area contributed by atoms with Crippen molar-refractivity contribution in [3.05, 3.63) is 0 Å². The zero-order chi connectivity index (χ0) is 16.8. The van der Waals surface area contributed by atoms with E-state index in [0.717, 1.165) is 19.3 Å². The Balaban J connectivity index is 3.68. The number of amides is 2. The summed E-state index contributed by atoms with van der Waals surface area (Å²) >= 11 is 0. The quantitative estimate of drug-likeness (QED) is 0.453. The predicted octanol–water partition coefficient (Wildman–Crippen LogP) is 2.62. The van der Waals surface area contributed by atoms with Crippen molar-refractivity contribution in [2.45, 2.75) is 84.6 Å². The van der Waals surface area contributed by atoms with Crippen LogP contribution < -0.4 is 10.8 Å². The fourth-order valence-electron chi connectivity index (χ4n) is 1.89. The molecule has 22 heavy (non-hydrogen) atoms. The Kier molecular flexibility index (Phi) is 12.2. The molecule has 0 unspecified atom stereocenters. The van der Waals surface area contributed by atoms with Crippen LogP contribution in [0.4, 0.5) is 0 Å². The molecule has 0 spiro atoms. The van der Waals surface area contributed by atoms with Crippen molar-refractivity contribution in [3.63, 3.8) is 0 Å². The molecule has 2 N–H and O–H groups in total. The lowest BCUT2D eigenvalue weighted by Gasteiger charge is -2.13. The van der Waals surface area contributed by atoms with E-state index < -0.39 is 17.9 Å². The predicted molar refractivity (Wildman–Crippen MR) is 84.7 cm³/mol. The van der Waals surface area contributed by atoms with E-state index >= 15 is 0 Å². The number of carbonyl (C=O) groups excluding carboxylic acids is 3. The molecular weight excluding hydrogens is 284 g/mol. The fraction of sp³-hybridized carbons (Fsp3) is 0.812. The third-order valence-electron chi connectivity index (χ3n) is 3.33. The van der Waals surface area contributed by atoms with Gasteiger partial charge in [-0.1, -0.05) is 52.4 Å². The smallest absolute Gasteiger partial charge is 0.331 e. The summed E-state index contributed by atoms with van der Waals surface area (Å²) in [6, 6.07) is -0.721. The zero-order valence-corrected chi connectivity index (χ0v) is 14.1. The van der Waals surface area contributed by atoms with E-state index in [9.17, 15) is 14.4 Å². The Bertz CT molecular complexity index is 345. The second kappa shape index (κ2) is 13.1. The molecule has 1 atom stereocenters. The first kappa shape index (κ1) is 20.4. The number of hydroxylamine groups is 1. The van der Waals surface area contributed by atoms with Crippen LogP contribution in [0.25, 0.3) is 0 Å². The molecule has 6 nitrogen and oxygen atoms in total. The molecule has 6 heteroatoms. The van der Waals surface area contributed by atoms with Crippen molar-refractivity contribution < 1.29 is 19.2 Å². The van der Waals surface area contributed by atoms with Crippen molar-refractivity contribution in [1.82, 2.24) is 10.8 Å². The number of hydrogen-bond acceptors (Lipinski definition) is 4. The van der Waals surface area contributed by atoms with Crippen molar-refractivity contribution in [2.24, 2.45) is 0 Å². The summed E-state index contributed by atoms with van der Waals surface area (Å²) in [5.74, 6) is -1.21. The lowest BCUT2D eigenvalue weighted by molar-refractivity contribution is -0.158. The normalized spacial score (nSPS) is 11.6. The molecule has 0 fully saturated rings. The highest BCUT2D eigenvalue weighted by atomic mass is 16.7. The Morgan fingerprint density at radius 2 is 1.55 bits per heavy atom. The van der Waals surface area contributed by atoms with Crippen LogP contribution in [0.1, 0.15) is 78.6 Å². The molecule has 0 saturated heterocycles. The van der Waals surface area contributed by atoms with Gasteiger partial charge in [0.25, 0.3) is 5.91 Å². The standard InChI is InChI=1S/C16H30N2O4/c1-4-6-7-8-9-10-11-12-14(19)17-13(3)16(21)18-22-15(20)5-2/h13H,4-12H2,1-3H3,(H,17,19)(H,18,21)/t13-/m0/s1. The summed E-state index contributed by atoms with van der Waals surface area (Å²) in [5.41, 5.74) is 2.03. The summed E-state index contributed by atoms with van der Waals surface area (Å²) in [4.78, 5) is 38.7. The molecule has 128 valence electrons. The number of nitrogens with one attached hydrogen (secondary N) is 2. The highest BCUT2D eigenvalue weighted by Gasteiger charge is 2.16. The van der Waals surface area contributed by atoms with Gasteiger partial charge in [0.05, 0.1) is 0 Å². The molecule has 0 rings (SSSR count). The van der Waals surface area contributed by atoms with E-state index in [1.54, 1.807) is 13.8 Å². The van der Waals surface area contributed by atoms with Gasteiger partial charge in [-0.3, -0.25) is 9.59 Å². The van der Waals surface area contributed by atoms with Gasteiger partial charge in [-0.25, -0.2) is 4.79 Å². The van der Waals surface area contributed by atoms with Crippen LogP contribution in [0.2, 0.25) is 0 Å². The number of rotatable bonds is 11. The maximum absolute atomic E-state index is 11.7. The molecule has 0 bridgehead atoms. The van der Waals surface area contributed by atoms with E-state index in [4.69, 9.17) is 0 Å². The van der Waals surface area contributed by atoms with Crippen LogP contribution in [0.5, 0.6) is 0 Å². The molecule has 2 amide bonds. The SMILES string of the molecule is CCCCCCCCCC(=O)N[C@@H](C)C(=O)NOC(=O)CC. The van der Waals surface area contributed by atoms with Gasteiger partial charge < -0.3 is 10.2 Å². The number of hydrogen-bond donors (Lipinski definition) is 2. The van der Waals surface area contributed by atoms with Crippen LogP contribution in [0, 0.1) is 0 Å². The van der Waals surface area contributed by atoms with E-state index in [2.05, 4.69) is 17.1 Å². The van der Waals surface area contributed by atoms with Gasteiger partial charge in [0, 0.05) is 12.8 Å². The van der Waals surface area contributed by atoms with Crippen LogP contribution in [0.15, 0.2) is 0 Å². The summed E-state index contributed by atoms with van der Waals surface area (Å²) in [5, 5.41) is 2.59. The Morgan fingerprint density at radius 1 is 0.955 bits per heavy atom. The monoisotopic (exact) mass is 314 g/mol. The summed E-state index contributed by atoms with van der Waals surface area (Å²) in [6.07, 6.45) is 8.59. The summed E-state index contributed by atoms with van der Waals surface area (Å²) < 4.78 is 0. The van der Waals surface area contributed by atoms with Crippen LogP contribution in [0.3, 0.4) is 0 Å². The van der Waals surface area contributed by atoms with Crippen LogP contribution in [-0.2, 0) is 19.2 Å². The average molecular weight is 314 g/mol. The van der Waals surface area contributed by atoms with Crippen molar-refractivity contribution in [3.8, 4) is 0 Å². The van der Waals surface area contributed by atoms with Gasteiger partial charge in [0.1, 0.15) is 6.04 Å². The van der Waals surface area contributed by atoms with Crippen molar-refractivity contribution in [1.29, 1.82) is 0 Å². The minimum absolute atomic E-state index is 0.155. The van der Waals surface area contributed by atoms with Crippen LogP contribution in [-0.4, -0.2) is 23.8 Å². The lowest BCUT2D eigenvalue weighted by atomic mass is 10.1. The average Bonchev–Trinajstić information content (AvgIpc) is 2.51. The molecule has 0 aliphatic rings. The highest BCUT2D eigenvalue weighted by molar-refractivity contribution is 5.87. The van der Waals surface area contributed by atoms with Gasteiger partial charge >= 0.3 is 5.97 Å². The molecule has 0 aromatic carbocycles. The summed E-state index contributed by atoms with van der Waals surface area (Å²) in [7, 11) is 0.